The Kier molecular flexibility index (Phi) is 10.8. The Balaban J connectivity index is 1.01. The maximum absolute atomic E-state index is 12.8. The number of hydrogen-bond donors (Lipinski definition) is 4. The van der Waals surface area contributed by atoms with Gasteiger partial charge in [-0.15, -0.1) is 0 Å². The fourth-order valence-electron chi connectivity index (χ4n) is 5.27. The van der Waals surface area contributed by atoms with Crippen molar-refractivity contribution in [3.63, 3.8) is 0 Å². The quantitative estimate of drug-likeness (QED) is 0.244. The normalized spacial score (nSPS) is 27.1. The molecule has 0 saturated carbocycles. The maximum Gasteiger partial charge on any atom is 0.269 e. The third-order valence-electron chi connectivity index (χ3n) is 7.72. The highest BCUT2D eigenvalue weighted by molar-refractivity contribution is 9.12. The summed E-state index contributed by atoms with van der Waals surface area (Å²) in [4.78, 5) is 40.9. The summed E-state index contributed by atoms with van der Waals surface area (Å²) in [5.41, 5.74) is -1.31. The summed E-state index contributed by atoms with van der Waals surface area (Å²) >= 11 is 13.5. The van der Waals surface area contributed by atoms with Gasteiger partial charge in [0.05, 0.1) is 44.2 Å². The van der Waals surface area contributed by atoms with Gasteiger partial charge in [0.25, 0.3) is 11.8 Å². The maximum atomic E-state index is 12.8. The third-order valence-corrected chi connectivity index (χ3v) is 10.5. The van der Waals surface area contributed by atoms with E-state index in [1.807, 2.05) is 10.8 Å². The molecule has 18 heteroatoms. The van der Waals surface area contributed by atoms with Crippen LogP contribution in [0.3, 0.4) is 0 Å². The van der Waals surface area contributed by atoms with Crippen LogP contribution in [-0.2, 0) is 41.7 Å². The van der Waals surface area contributed by atoms with E-state index in [0.717, 1.165) is 5.69 Å². The number of aromatic nitrogens is 2. The molecular formula is C28H30Br4N6O8. The van der Waals surface area contributed by atoms with Crippen LogP contribution in [0.25, 0.3) is 0 Å². The molecule has 248 valence electrons. The molecule has 1 aromatic heterocycles. The number of rotatable bonds is 11. The van der Waals surface area contributed by atoms with E-state index in [4.69, 9.17) is 19.1 Å². The number of carbonyl (C=O) groups excluding carboxylic acids is 2. The third kappa shape index (κ3) is 6.87. The number of aliphatic hydroxyl groups is 2. The molecule has 2 amide bonds. The molecular weight excluding hydrogens is 868 g/mol. The lowest BCUT2D eigenvalue weighted by Crippen LogP contribution is -2.45. The van der Waals surface area contributed by atoms with Gasteiger partial charge in [-0.05, 0) is 82.3 Å². The second kappa shape index (κ2) is 14.3. The number of nitrogens with zero attached hydrogens (tertiary/aromatic N) is 4. The molecule has 0 unspecified atom stereocenters. The molecule has 2 spiro atoms. The van der Waals surface area contributed by atoms with Crippen LogP contribution < -0.4 is 10.6 Å². The Morgan fingerprint density at radius 1 is 0.913 bits per heavy atom. The number of halogens is 4. The summed E-state index contributed by atoms with van der Waals surface area (Å²) in [6.07, 6.45) is 5.95. The van der Waals surface area contributed by atoms with Gasteiger partial charge in [-0.25, -0.2) is 4.98 Å². The predicted molar refractivity (Wildman–Crippen MR) is 180 cm³/mol. The van der Waals surface area contributed by atoms with Crippen LogP contribution in [0.2, 0.25) is 0 Å². The van der Waals surface area contributed by atoms with Gasteiger partial charge in [0.2, 0.25) is 0 Å². The Labute approximate surface area is 297 Å². The summed E-state index contributed by atoms with van der Waals surface area (Å²) in [5, 5.41) is 35.1. The lowest BCUT2D eigenvalue weighted by atomic mass is 9.87. The number of aryl methyl sites for hydroxylation is 1. The molecule has 3 heterocycles. The van der Waals surface area contributed by atoms with E-state index in [-0.39, 0.29) is 30.2 Å². The van der Waals surface area contributed by atoms with Crippen LogP contribution in [0.15, 0.2) is 64.4 Å². The van der Waals surface area contributed by atoms with E-state index in [1.54, 1.807) is 18.5 Å². The summed E-state index contributed by atoms with van der Waals surface area (Å²) in [6.45, 7) is 1.32. The molecule has 0 saturated heterocycles. The van der Waals surface area contributed by atoms with Crippen molar-refractivity contribution in [3.8, 4) is 0 Å². The highest BCUT2D eigenvalue weighted by atomic mass is 79.9. The Hall–Kier alpha value is -2.51. The first-order valence-electron chi connectivity index (χ1n) is 14.0. The van der Waals surface area contributed by atoms with Gasteiger partial charge in [0.15, 0.2) is 11.2 Å². The standard InChI is InChI=1S/C28H30Br4N6O8/c1-43-21-15(29)8-27(23(39)19(21)31)10-17(36-45-27)25(41)33-5-3-7-38-12-14(35-13-38)4-6-34-26(42)18-11-28(46-37-18)9-16(30)22(44-2)20(32)24(28)40/h8-9,12-13,23-24,39-40H,3-7,10-11H2,1-2H3,(H,33,41)(H,34,42)/t23-,24+,27+,28-/m0/s1. The van der Waals surface area contributed by atoms with Gasteiger partial charge in [-0.1, -0.05) is 10.3 Å². The van der Waals surface area contributed by atoms with Crippen LogP contribution >= 0.6 is 63.7 Å². The summed E-state index contributed by atoms with van der Waals surface area (Å²) in [7, 11) is 2.97. The number of imidazole rings is 1. The Morgan fingerprint density at radius 3 is 1.91 bits per heavy atom. The molecule has 4 aliphatic rings. The van der Waals surface area contributed by atoms with Gasteiger partial charge >= 0.3 is 0 Å². The van der Waals surface area contributed by atoms with Crippen molar-refractivity contribution in [2.75, 3.05) is 27.3 Å². The minimum absolute atomic E-state index is 0.0781. The largest absolute Gasteiger partial charge is 0.495 e. The van der Waals surface area contributed by atoms with Crippen molar-refractivity contribution in [3.05, 3.63) is 59.8 Å². The minimum atomic E-state index is -1.22. The van der Waals surface area contributed by atoms with Crippen molar-refractivity contribution < 1.29 is 39.0 Å². The smallest absolute Gasteiger partial charge is 0.269 e. The second-order valence-electron chi connectivity index (χ2n) is 10.8. The molecule has 1 aromatic rings. The number of hydrogen-bond acceptors (Lipinski definition) is 11. The number of nitrogens with one attached hydrogen (secondary N) is 2. The van der Waals surface area contributed by atoms with E-state index in [1.165, 1.54) is 14.2 Å². The molecule has 14 nitrogen and oxygen atoms in total. The number of aliphatic hydroxyl groups excluding tert-OH is 2. The van der Waals surface area contributed by atoms with Gasteiger partial charge in [0.1, 0.15) is 35.1 Å². The van der Waals surface area contributed by atoms with Gasteiger partial charge in [0, 0.05) is 45.1 Å². The highest BCUT2D eigenvalue weighted by Crippen LogP contribution is 2.45. The van der Waals surface area contributed by atoms with Crippen LogP contribution in [0.1, 0.15) is 25.0 Å². The molecule has 4 atom stereocenters. The SMILES string of the molecule is COC1=C(Br)[C@@H](O)[C@]2(C=C1Br)CC(C(=O)NCCc1cn(CCCNC(=O)C3=NO[C@]4(C=C(Br)C(OC)=C(Br)[C@@H]4O)C3)cn1)=NO2. The molecule has 0 radical (unpaired) electrons. The highest BCUT2D eigenvalue weighted by Gasteiger charge is 2.51. The molecule has 2 aliphatic carbocycles. The van der Waals surface area contributed by atoms with Crippen LogP contribution in [0.5, 0.6) is 0 Å². The zero-order valence-corrected chi connectivity index (χ0v) is 30.9. The molecule has 0 fully saturated rings. The number of amides is 2. The number of allylic oxidation sites excluding steroid dienone is 2. The summed E-state index contributed by atoms with van der Waals surface area (Å²) in [6, 6.07) is 0. The topological polar surface area (TPSA) is 178 Å². The van der Waals surface area contributed by atoms with E-state index >= 15 is 0 Å². The predicted octanol–water partition coefficient (Wildman–Crippen LogP) is 2.89. The lowest BCUT2D eigenvalue weighted by molar-refractivity contribution is -0.115. The molecule has 0 bridgehead atoms. The van der Waals surface area contributed by atoms with Crippen LogP contribution in [-0.4, -0.2) is 93.7 Å². The van der Waals surface area contributed by atoms with Crippen LogP contribution in [0.4, 0.5) is 0 Å². The monoisotopic (exact) mass is 894 g/mol. The number of carbonyl (C=O) groups is 2. The van der Waals surface area contributed by atoms with Gasteiger partial charge < -0.3 is 44.6 Å². The minimum Gasteiger partial charge on any atom is -0.495 e. The first-order chi connectivity index (χ1) is 21.9. The molecule has 46 heavy (non-hydrogen) atoms. The average Bonchev–Trinajstić information content (AvgIpc) is 3.78. The number of methoxy groups -OCH3 is 2. The van der Waals surface area contributed by atoms with Crippen molar-refractivity contribution in [2.45, 2.75) is 55.6 Å². The Bertz CT molecular complexity index is 1600. The lowest BCUT2D eigenvalue weighted by Gasteiger charge is -2.33. The van der Waals surface area contributed by atoms with Gasteiger partial charge in [-0.2, -0.15) is 0 Å². The zero-order valence-electron chi connectivity index (χ0n) is 24.6. The van der Waals surface area contributed by atoms with E-state index in [2.05, 4.69) is 89.6 Å². The summed E-state index contributed by atoms with van der Waals surface area (Å²) in [5.74, 6) is 0.110. The zero-order chi connectivity index (χ0) is 33.2. The van der Waals surface area contributed by atoms with Crippen molar-refractivity contribution in [1.29, 1.82) is 0 Å². The number of oxime groups is 2. The van der Waals surface area contributed by atoms with E-state index in [0.29, 0.717) is 61.9 Å². The van der Waals surface area contributed by atoms with Crippen LogP contribution in [0, 0.1) is 0 Å². The molecule has 0 aromatic carbocycles. The second-order valence-corrected chi connectivity index (χ2v) is 14.2. The van der Waals surface area contributed by atoms with E-state index in [9.17, 15) is 19.8 Å². The van der Waals surface area contributed by atoms with Crippen molar-refractivity contribution >= 4 is 87.0 Å². The van der Waals surface area contributed by atoms with Crippen molar-refractivity contribution in [2.24, 2.45) is 10.3 Å². The molecule has 2 aliphatic heterocycles. The number of ether oxygens (including phenoxy) is 2. The first-order valence-corrected chi connectivity index (χ1v) is 17.2. The van der Waals surface area contributed by atoms with Crippen molar-refractivity contribution in [1.82, 2.24) is 20.2 Å². The van der Waals surface area contributed by atoms with Gasteiger partial charge in [-0.3, -0.25) is 9.59 Å². The molecule has 4 N–H and O–H groups in total. The first kappa shape index (κ1) is 34.8. The van der Waals surface area contributed by atoms with E-state index < -0.39 is 29.3 Å². The summed E-state index contributed by atoms with van der Waals surface area (Å²) < 4.78 is 14.4. The Morgan fingerprint density at radius 2 is 1.41 bits per heavy atom. The molecule has 5 rings (SSSR count). The average molecular weight is 898 g/mol. The fourth-order valence-corrected chi connectivity index (χ4v) is 8.85. The fraction of sp³-hybridized carbons (Fsp3) is 0.464.